The van der Waals surface area contributed by atoms with E-state index in [-0.39, 0.29) is 12.5 Å². The third kappa shape index (κ3) is 10.9. The number of ether oxygens (including phenoxy) is 3. The standard InChI is InChI=1S/C45H50N2O8/c1-29(35(32-22-24-33(25-23-32)42(50)52-8)16-13-19-39-46-37-17-11-12-18-38(37)53-39)47(28-30-20-21-31-14-9-10-15-34(31)26-30)41(49)36(43(51)55-45(5,6)7)27-40(48)54-44(2,3)4/h9-15,17-26,29,35-36H,16,27-28H2,1-8H3/t29-,35+,36+/m0/s1. The third-order valence-electron chi connectivity index (χ3n) is 9.02. The van der Waals surface area contributed by atoms with Crippen molar-refractivity contribution in [2.45, 2.75) is 91.0 Å². The number of carbonyl (C=O) groups excluding carboxylic acids is 4. The second-order valence-corrected chi connectivity index (χ2v) is 15.6. The summed E-state index contributed by atoms with van der Waals surface area (Å²) in [6.45, 7) is 12.4. The van der Waals surface area contributed by atoms with Gasteiger partial charge in [-0.15, -0.1) is 0 Å². The van der Waals surface area contributed by atoms with Gasteiger partial charge in [0.05, 0.1) is 19.1 Å². The predicted molar refractivity (Wildman–Crippen MR) is 212 cm³/mol. The van der Waals surface area contributed by atoms with Crippen LogP contribution in [0, 0.1) is 5.92 Å². The van der Waals surface area contributed by atoms with Crippen LogP contribution in [0.3, 0.4) is 0 Å². The average Bonchev–Trinajstić information content (AvgIpc) is 3.55. The first-order valence-corrected chi connectivity index (χ1v) is 18.4. The summed E-state index contributed by atoms with van der Waals surface area (Å²) in [6, 6.07) is 27.9. The minimum atomic E-state index is -1.48. The molecule has 55 heavy (non-hydrogen) atoms. The second-order valence-electron chi connectivity index (χ2n) is 15.6. The van der Waals surface area contributed by atoms with Gasteiger partial charge >= 0.3 is 17.9 Å². The Morgan fingerprint density at radius 3 is 2.13 bits per heavy atom. The van der Waals surface area contributed by atoms with Crippen molar-refractivity contribution in [3.63, 3.8) is 0 Å². The molecule has 1 amide bonds. The molecule has 10 heteroatoms. The van der Waals surface area contributed by atoms with E-state index in [0.29, 0.717) is 23.5 Å². The molecule has 4 aromatic carbocycles. The maximum Gasteiger partial charge on any atom is 0.337 e. The zero-order valence-corrected chi connectivity index (χ0v) is 32.8. The number of oxazole rings is 1. The Labute approximate surface area is 322 Å². The van der Waals surface area contributed by atoms with E-state index >= 15 is 4.79 Å². The molecule has 0 aliphatic rings. The highest BCUT2D eigenvalue weighted by Crippen LogP contribution is 2.32. The van der Waals surface area contributed by atoms with Gasteiger partial charge in [-0.05, 0) is 113 Å². The predicted octanol–water partition coefficient (Wildman–Crippen LogP) is 9.06. The lowest BCUT2D eigenvalue weighted by Crippen LogP contribution is -2.48. The average molecular weight is 747 g/mol. The lowest BCUT2D eigenvalue weighted by molar-refractivity contribution is -0.172. The molecule has 288 valence electrons. The van der Waals surface area contributed by atoms with Gasteiger partial charge in [0.15, 0.2) is 5.58 Å². The molecule has 0 spiro atoms. The van der Waals surface area contributed by atoms with E-state index < -0.39 is 53.4 Å². The van der Waals surface area contributed by atoms with Gasteiger partial charge in [-0.1, -0.05) is 66.7 Å². The molecule has 0 saturated heterocycles. The Morgan fingerprint density at radius 2 is 1.47 bits per heavy atom. The quantitative estimate of drug-likeness (QED) is 0.0659. The Hall–Kier alpha value is -5.77. The number of benzene rings is 4. The van der Waals surface area contributed by atoms with Gasteiger partial charge in [0.25, 0.3) is 0 Å². The van der Waals surface area contributed by atoms with E-state index in [4.69, 9.17) is 18.6 Å². The van der Waals surface area contributed by atoms with Crippen molar-refractivity contribution in [1.82, 2.24) is 9.88 Å². The summed E-state index contributed by atoms with van der Waals surface area (Å²) in [5.41, 5.74) is 1.69. The van der Waals surface area contributed by atoms with Gasteiger partial charge in [0.1, 0.15) is 22.6 Å². The zero-order valence-electron chi connectivity index (χ0n) is 32.8. The van der Waals surface area contributed by atoms with E-state index in [1.165, 1.54) is 7.11 Å². The molecule has 0 aliphatic heterocycles. The molecule has 10 nitrogen and oxygen atoms in total. The number of rotatable bonds is 13. The van der Waals surface area contributed by atoms with Crippen molar-refractivity contribution < 1.29 is 37.8 Å². The maximum absolute atomic E-state index is 15.0. The van der Waals surface area contributed by atoms with Crippen LogP contribution < -0.4 is 0 Å². The van der Waals surface area contributed by atoms with Gasteiger partial charge < -0.3 is 23.5 Å². The van der Waals surface area contributed by atoms with Crippen molar-refractivity contribution in [2.75, 3.05) is 7.11 Å². The first-order valence-electron chi connectivity index (χ1n) is 18.4. The monoisotopic (exact) mass is 746 g/mol. The van der Waals surface area contributed by atoms with Crippen molar-refractivity contribution in [3.05, 3.63) is 120 Å². The highest BCUT2D eigenvalue weighted by Gasteiger charge is 2.40. The summed E-state index contributed by atoms with van der Waals surface area (Å²) in [6.07, 6.45) is 3.65. The number of nitrogens with zero attached hydrogens (tertiary/aromatic N) is 2. The summed E-state index contributed by atoms with van der Waals surface area (Å²) in [7, 11) is 1.33. The van der Waals surface area contributed by atoms with Gasteiger partial charge in [-0.3, -0.25) is 14.4 Å². The van der Waals surface area contributed by atoms with Crippen LogP contribution in [0.5, 0.6) is 0 Å². The molecule has 5 rings (SSSR count). The molecule has 1 aromatic heterocycles. The Kier molecular flexibility index (Phi) is 12.6. The Balaban J connectivity index is 1.58. The number of esters is 3. The highest BCUT2D eigenvalue weighted by atomic mass is 16.6. The number of hydrogen-bond donors (Lipinski definition) is 0. The molecule has 0 N–H and O–H groups in total. The van der Waals surface area contributed by atoms with E-state index in [1.54, 1.807) is 64.7 Å². The van der Waals surface area contributed by atoms with Gasteiger partial charge in [0.2, 0.25) is 11.8 Å². The molecule has 0 fully saturated rings. The van der Waals surface area contributed by atoms with Crippen LogP contribution in [0.2, 0.25) is 0 Å². The van der Waals surface area contributed by atoms with Crippen LogP contribution in [0.25, 0.3) is 27.9 Å². The Morgan fingerprint density at radius 1 is 0.818 bits per heavy atom. The molecule has 1 heterocycles. The number of methoxy groups -OCH3 is 1. The number of para-hydroxylation sites is 2. The molecule has 3 atom stereocenters. The van der Waals surface area contributed by atoms with Crippen molar-refractivity contribution in [3.8, 4) is 0 Å². The van der Waals surface area contributed by atoms with Crippen LogP contribution in [-0.2, 0) is 35.1 Å². The minimum absolute atomic E-state index is 0.129. The molecular formula is C45H50N2O8. The largest absolute Gasteiger partial charge is 0.465 e. The van der Waals surface area contributed by atoms with E-state index in [0.717, 1.165) is 27.4 Å². The summed E-state index contributed by atoms with van der Waals surface area (Å²) in [4.78, 5) is 60.7. The van der Waals surface area contributed by atoms with Gasteiger partial charge in [0, 0.05) is 18.5 Å². The van der Waals surface area contributed by atoms with Crippen LogP contribution in [0.1, 0.15) is 94.6 Å². The maximum atomic E-state index is 15.0. The zero-order chi connectivity index (χ0) is 39.9. The normalized spacial score (nSPS) is 13.7. The van der Waals surface area contributed by atoms with E-state index in [9.17, 15) is 14.4 Å². The van der Waals surface area contributed by atoms with E-state index in [2.05, 4.69) is 4.98 Å². The number of fused-ring (bicyclic) bond motifs is 2. The molecule has 0 radical (unpaired) electrons. The van der Waals surface area contributed by atoms with Crippen LogP contribution in [0.15, 0.2) is 101 Å². The molecule has 0 unspecified atom stereocenters. The summed E-state index contributed by atoms with van der Waals surface area (Å²) in [5, 5.41) is 2.04. The third-order valence-corrected chi connectivity index (χ3v) is 9.02. The molecular weight excluding hydrogens is 697 g/mol. The molecule has 5 aromatic rings. The van der Waals surface area contributed by atoms with Crippen LogP contribution in [-0.4, -0.2) is 58.1 Å². The topological polar surface area (TPSA) is 125 Å². The van der Waals surface area contributed by atoms with Crippen LogP contribution >= 0.6 is 0 Å². The number of aromatic nitrogens is 1. The second kappa shape index (κ2) is 17.1. The van der Waals surface area contributed by atoms with Crippen molar-refractivity contribution in [2.24, 2.45) is 5.92 Å². The summed E-state index contributed by atoms with van der Waals surface area (Å²) in [5.74, 6) is -3.95. The number of allylic oxidation sites excluding steroid dienone is 1. The smallest absolute Gasteiger partial charge is 0.337 e. The first kappa shape index (κ1) is 40.4. The SMILES string of the molecule is COC(=O)c1ccc([C@H](CC=Cc2nc3ccccc3o2)[C@H](C)N(Cc2ccc3ccccc3c2)C(=O)[C@@H](CC(=O)OC(C)(C)C)C(=O)OC(C)(C)C)cc1. The summed E-state index contributed by atoms with van der Waals surface area (Å²) < 4.78 is 22.2. The lowest BCUT2D eigenvalue weighted by Gasteiger charge is -2.37. The fourth-order valence-electron chi connectivity index (χ4n) is 6.44. The number of amides is 1. The number of hydrogen-bond acceptors (Lipinski definition) is 9. The van der Waals surface area contributed by atoms with Gasteiger partial charge in [-0.25, -0.2) is 9.78 Å². The fraction of sp³-hybridized carbons (Fsp3) is 0.356. The molecule has 0 saturated carbocycles. The van der Waals surface area contributed by atoms with Crippen molar-refractivity contribution >= 4 is 51.8 Å². The fourth-order valence-corrected chi connectivity index (χ4v) is 6.44. The molecule has 0 aliphatic carbocycles. The number of carbonyl (C=O) groups is 4. The summed E-state index contributed by atoms with van der Waals surface area (Å²) >= 11 is 0. The lowest BCUT2D eigenvalue weighted by atomic mass is 9.86. The van der Waals surface area contributed by atoms with Crippen molar-refractivity contribution in [1.29, 1.82) is 0 Å². The minimum Gasteiger partial charge on any atom is -0.465 e. The molecule has 0 bridgehead atoms. The van der Waals surface area contributed by atoms with Gasteiger partial charge in [-0.2, -0.15) is 0 Å². The Bertz CT molecular complexity index is 2140. The first-order chi connectivity index (χ1) is 26.0. The van der Waals surface area contributed by atoms with E-state index in [1.807, 2.05) is 91.9 Å². The van der Waals surface area contributed by atoms with Crippen LogP contribution in [0.4, 0.5) is 0 Å². The highest BCUT2D eigenvalue weighted by molar-refractivity contribution is 6.01.